The minimum atomic E-state index is -0.550. The number of nitro benzene ring substituents is 1. The number of halogens is 1. The molecule has 0 bridgehead atoms. The van der Waals surface area contributed by atoms with Gasteiger partial charge in [0.05, 0.1) is 12.0 Å². The van der Waals surface area contributed by atoms with Gasteiger partial charge in [-0.3, -0.25) is 19.8 Å². The molecule has 176 valence electrons. The number of methoxy groups -OCH3 is 1. The van der Waals surface area contributed by atoms with Crippen LogP contribution in [0.3, 0.4) is 0 Å². The van der Waals surface area contributed by atoms with E-state index in [0.717, 1.165) is 0 Å². The van der Waals surface area contributed by atoms with Gasteiger partial charge in [-0.1, -0.05) is 6.07 Å². The normalized spacial score (nSPS) is 10.3. The molecule has 2 N–H and O–H groups in total. The van der Waals surface area contributed by atoms with Gasteiger partial charge in [0.25, 0.3) is 11.6 Å². The summed E-state index contributed by atoms with van der Waals surface area (Å²) in [6.45, 7) is 1.70. The van der Waals surface area contributed by atoms with Crippen LogP contribution in [-0.4, -0.2) is 37.1 Å². The average Bonchev–Trinajstić information content (AvgIpc) is 2.83. The lowest BCUT2D eigenvalue weighted by Gasteiger charge is -2.23. The predicted molar refractivity (Wildman–Crippen MR) is 126 cm³/mol. The average molecular weight is 466 g/mol. The zero-order valence-electron chi connectivity index (χ0n) is 18.6. The second-order valence-electron chi connectivity index (χ2n) is 7.30. The monoisotopic (exact) mass is 466 g/mol. The van der Waals surface area contributed by atoms with Crippen molar-refractivity contribution in [3.8, 4) is 5.75 Å². The Morgan fingerprint density at radius 3 is 2.35 bits per heavy atom. The van der Waals surface area contributed by atoms with E-state index in [-0.39, 0.29) is 24.3 Å². The fraction of sp³-hybridized carbons (Fsp3) is 0.167. The molecule has 3 aromatic carbocycles. The quantitative estimate of drug-likeness (QED) is 0.374. The number of hydrogen-bond donors (Lipinski definition) is 2. The highest BCUT2D eigenvalue weighted by Crippen LogP contribution is 2.20. The number of anilines is 2. The summed E-state index contributed by atoms with van der Waals surface area (Å²) in [6.07, 6.45) is 0. The Labute approximate surface area is 195 Å². The van der Waals surface area contributed by atoms with E-state index in [1.165, 1.54) is 54.5 Å². The molecule has 0 saturated carbocycles. The lowest BCUT2D eigenvalue weighted by molar-refractivity contribution is -0.385. The number of nitrogens with zero attached hydrogens (tertiary/aromatic N) is 2. The predicted octanol–water partition coefficient (Wildman–Crippen LogP) is 4.52. The highest BCUT2D eigenvalue weighted by molar-refractivity contribution is 6.02. The van der Waals surface area contributed by atoms with E-state index in [2.05, 4.69) is 10.6 Å². The van der Waals surface area contributed by atoms with Crippen LogP contribution < -0.4 is 20.3 Å². The molecule has 0 saturated heterocycles. The highest BCUT2D eigenvalue weighted by Gasteiger charge is 2.18. The molecule has 9 nitrogen and oxygen atoms in total. The molecular formula is C24H23FN4O5. The largest absolute Gasteiger partial charge is 0.497 e. The van der Waals surface area contributed by atoms with E-state index in [0.29, 0.717) is 22.7 Å². The first-order chi connectivity index (χ1) is 16.3. The van der Waals surface area contributed by atoms with Gasteiger partial charge in [-0.15, -0.1) is 0 Å². The maximum absolute atomic E-state index is 13.4. The van der Waals surface area contributed by atoms with Gasteiger partial charge in [0.2, 0.25) is 0 Å². The molecule has 3 amide bonds. The summed E-state index contributed by atoms with van der Waals surface area (Å²) in [5, 5.41) is 16.5. The summed E-state index contributed by atoms with van der Waals surface area (Å²) < 4.78 is 18.5. The Bertz CT molecular complexity index is 1180. The number of ether oxygens (including phenoxy) is 1. The second kappa shape index (κ2) is 10.9. The Morgan fingerprint density at radius 1 is 1.06 bits per heavy atom. The molecule has 3 rings (SSSR count). The van der Waals surface area contributed by atoms with Crippen LogP contribution in [-0.2, 0) is 0 Å². The second-order valence-corrected chi connectivity index (χ2v) is 7.30. The molecule has 34 heavy (non-hydrogen) atoms. The van der Waals surface area contributed by atoms with E-state index < -0.39 is 22.7 Å². The Kier molecular flexibility index (Phi) is 7.75. The Morgan fingerprint density at radius 2 is 1.74 bits per heavy atom. The first-order valence-electron chi connectivity index (χ1n) is 10.3. The molecule has 0 unspecified atom stereocenters. The van der Waals surface area contributed by atoms with E-state index >= 15 is 0 Å². The Hall–Kier alpha value is -4.47. The lowest BCUT2D eigenvalue weighted by atomic mass is 10.1. The first-order valence-corrected chi connectivity index (χ1v) is 10.3. The van der Waals surface area contributed by atoms with Crippen molar-refractivity contribution in [2.24, 2.45) is 0 Å². The first kappa shape index (κ1) is 24.2. The summed E-state index contributed by atoms with van der Waals surface area (Å²) in [4.78, 5) is 37.4. The summed E-state index contributed by atoms with van der Waals surface area (Å²) in [5.74, 6) is -0.335. The number of urea groups is 1. The molecule has 0 aliphatic heterocycles. The number of nitrogens with one attached hydrogen (secondary N) is 2. The number of rotatable bonds is 8. The van der Waals surface area contributed by atoms with Crippen molar-refractivity contribution in [3.05, 3.63) is 93.8 Å². The van der Waals surface area contributed by atoms with Crippen LogP contribution in [0.2, 0.25) is 0 Å². The molecule has 0 atom stereocenters. The topological polar surface area (TPSA) is 114 Å². The van der Waals surface area contributed by atoms with Gasteiger partial charge >= 0.3 is 6.03 Å². The maximum Gasteiger partial charge on any atom is 0.326 e. The molecule has 0 aliphatic carbocycles. The number of carbonyl (C=O) groups excluding carboxylic acids is 2. The summed E-state index contributed by atoms with van der Waals surface area (Å²) >= 11 is 0. The minimum Gasteiger partial charge on any atom is -0.497 e. The smallest absolute Gasteiger partial charge is 0.326 e. The van der Waals surface area contributed by atoms with Gasteiger partial charge in [0.1, 0.15) is 11.6 Å². The van der Waals surface area contributed by atoms with Crippen molar-refractivity contribution < 1.29 is 23.6 Å². The number of aryl methyl sites for hydroxylation is 1. The van der Waals surface area contributed by atoms with Gasteiger partial charge < -0.3 is 15.4 Å². The van der Waals surface area contributed by atoms with E-state index in [9.17, 15) is 24.1 Å². The maximum atomic E-state index is 13.4. The zero-order valence-corrected chi connectivity index (χ0v) is 18.6. The highest BCUT2D eigenvalue weighted by atomic mass is 19.1. The van der Waals surface area contributed by atoms with Crippen LogP contribution in [0, 0.1) is 22.9 Å². The number of hydrogen-bond acceptors (Lipinski definition) is 5. The molecule has 0 aliphatic rings. The number of nitro groups is 1. The molecule has 0 fully saturated rings. The van der Waals surface area contributed by atoms with Crippen LogP contribution >= 0.6 is 0 Å². The van der Waals surface area contributed by atoms with Gasteiger partial charge in [-0.25, -0.2) is 9.18 Å². The van der Waals surface area contributed by atoms with Crippen LogP contribution in [0.25, 0.3) is 0 Å². The van der Waals surface area contributed by atoms with E-state index in [4.69, 9.17) is 4.74 Å². The van der Waals surface area contributed by atoms with Crippen LogP contribution in [0.4, 0.5) is 26.2 Å². The fourth-order valence-corrected chi connectivity index (χ4v) is 3.16. The van der Waals surface area contributed by atoms with Crippen LogP contribution in [0.1, 0.15) is 15.9 Å². The summed E-state index contributed by atoms with van der Waals surface area (Å²) in [6, 6.07) is 15.8. The van der Waals surface area contributed by atoms with Gasteiger partial charge in [-0.2, -0.15) is 0 Å². The molecule has 0 radical (unpaired) electrons. The van der Waals surface area contributed by atoms with Crippen molar-refractivity contribution in [2.75, 3.05) is 30.4 Å². The van der Waals surface area contributed by atoms with Crippen molar-refractivity contribution in [1.29, 1.82) is 0 Å². The standard InChI is InChI=1S/C24H23FN4O5/c1-16-3-4-17(15-22(16)29(32)33)23(30)26-13-14-28(20-9-5-18(25)6-10-20)24(31)27-19-7-11-21(34-2)12-8-19/h3-12,15H,13-14H2,1-2H3,(H,26,30)(H,27,31). The third-order valence-electron chi connectivity index (χ3n) is 5.01. The van der Waals surface area contributed by atoms with E-state index in [1.54, 1.807) is 31.2 Å². The molecule has 0 heterocycles. The van der Waals surface area contributed by atoms with Crippen LogP contribution in [0.15, 0.2) is 66.7 Å². The summed E-state index contributed by atoms with van der Waals surface area (Å²) in [5.41, 5.74) is 1.37. The van der Waals surface area contributed by atoms with Crippen molar-refractivity contribution in [2.45, 2.75) is 6.92 Å². The zero-order chi connectivity index (χ0) is 24.7. The molecule has 10 heteroatoms. The fourth-order valence-electron chi connectivity index (χ4n) is 3.16. The van der Waals surface area contributed by atoms with Crippen molar-refractivity contribution >= 4 is 29.0 Å². The van der Waals surface area contributed by atoms with Gasteiger partial charge in [-0.05, 0) is 61.5 Å². The van der Waals surface area contributed by atoms with Crippen molar-refractivity contribution in [3.63, 3.8) is 0 Å². The molecule has 0 aromatic heterocycles. The lowest BCUT2D eigenvalue weighted by Crippen LogP contribution is -2.41. The Balaban J connectivity index is 1.71. The van der Waals surface area contributed by atoms with Gasteiger partial charge in [0.15, 0.2) is 0 Å². The molecular weight excluding hydrogens is 443 g/mol. The molecule has 0 spiro atoms. The van der Waals surface area contributed by atoms with Gasteiger partial charge in [0, 0.05) is 41.7 Å². The molecule has 3 aromatic rings. The number of benzene rings is 3. The van der Waals surface area contributed by atoms with E-state index in [1.807, 2.05) is 0 Å². The SMILES string of the molecule is COc1ccc(NC(=O)N(CCNC(=O)c2ccc(C)c([N+](=O)[O-])c2)c2ccc(F)cc2)cc1. The minimum absolute atomic E-state index is 0.0495. The third-order valence-corrected chi connectivity index (χ3v) is 5.01. The third kappa shape index (κ3) is 6.06. The number of amides is 3. The number of carbonyl (C=O) groups is 2. The summed E-state index contributed by atoms with van der Waals surface area (Å²) in [7, 11) is 1.53. The van der Waals surface area contributed by atoms with Crippen molar-refractivity contribution in [1.82, 2.24) is 5.32 Å². The van der Waals surface area contributed by atoms with Crippen LogP contribution in [0.5, 0.6) is 5.75 Å².